The quantitative estimate of drug-likeness (QED) is 0.422. The van der Waals surface area contributed by atoms with Crippen LogP contribution in [0, 0.1) is 11.8 Å². The Morgan fingerprint density at radius 3 is 2.71 bits per heavy atom. The van der Waals surface area contributed by atoms with Crippen LogP contribution in [0.4, 0.5) is 0 Å². The lowest BCUT2D eigenvalue weighted by molar-refractivity contribution is 0.245. The van der Waals surface area contributed by atoms with E-state index in [1.807, 2.05) is 6.20 Å². The van der Waals surface area contributed by atoms with Crippen molar-refractivity contribution in [2.45, 2.75) is 53.4 Å². The fourth-order valence-corrected chi connectivity index (χ4v) is 3.47. The molecule has 0 amide bonds. The lowest BCUT2D eigenvalue weighted by Crippen LogP contribution is -2.38. The van der Waals surface area contributed by atoms with Gasteiger partial charge in [-0.15, -0.1) is 11.3 Å². The molecule has 0 aliphatic heterocycles. The molecular formula is C18H34N4OS. The Morgan fingerprint density at radius 1 is 1.33 bits per heavy atom. The van der Waals surface area contributed by atoms with E-state index in [2.05, 4.69) is 43.3 Å². The van der Waals surface area contributed by atoms with Gasteiger partial charge in [0.25, 0.3) is 0 Å². The predicted molar refractivity (Wildman–Crippen MR) is 104 cm³/mol. The topological polar surface area (TPSA) is 69.5 Å². The van der Waals surface area contributed by atoms with Crippen molar-refractivity contribution in [2.24, 2.45) is 16.8 Å². The molecular weight excluding hydrogens is 320 g/mol. The summed E-state index contributed by atoms with van der Waals surface area (Å²) < 4.78 is 0. The van der Waals surface area contributed by atoms with E-state index in [-0.39, 0.29) is 6.61 Å². The standard InChI is InChI=1S/C18H34N4OS/c1-5-16-13-21-17(24-16)7-9-20-18(19-6-2)22-12-15(8-10-23)11-14(3)4/h13-15,23H,5-12H2,1-4H3,(H2,19,20,22). The van der Waals surface area contributed by atoms with Gasteiger partial charge in [0.2, 0.25) is 0 Å². The molecule has 24 heavy (non-hydrogen) atoms. The first-order chi connectivity index (χ1) is 11.6. The number of hydrogen-bond donors (Lipinski definition) is 3. The number of nitrogens with zero attached hydrogens (tertiary/aromatic N) is 2. The van der Waals surface area contributed by atoms with Gasteiger partial charge < -0.3 is 15.7 Å². The van der Waals surface area contributed by atoms with Crippen molar-refractivity contribution in [2.75, 3.05) is 26.2 Å². The number of thiazole rings is 1. The van der Waals surface area contributed by atoms with Crippen LogP contribution in [0.1, 0.15) is 50.4 Å². The zero-order valence-corrected chi connectivity index (χ0v) is 16.5. The van der Waals surface area contributed by atoms with Gasteiger partial charge in [-0.25, -0.2) is 4.98 Å². The van der Waals surface area contributed by atoms with Crippen LogP contribution in [0.5, 0.6) is 0 Å². The summed E-state index contributed by atoms with van der Waals surface area (Å²) in [6, 6.07) is 0. The Hall–Kier alpha value is -1.14. The molecule has 5 nitrogen and oxygen atoms in total. The number of aliphatic hydroxyl groups excluding tert-OH is 1. The second-order valence-electron chi connectivity index (χ2n) is 6.48. The van der Waals surface area contributed by atoms with E-state index in [4.69, 9.17) is 4.99 Å². The molecule has 1 aromatic heterocycles. The summed E-state index contributed by atoms with van der Waals surface area (Å²) in [6.45, 7) is 11.3. The van der Waals surface area contributed by atoms with Crippen molar-refractivity contribution in [1.29, 1.82) is 0 Å². The van der Waals surface area contributed by atoms with Gasteiger partial charge in [-0.3, -0.25) is 4.99 Å². The Labute approximate surface area is 151 Å². The highest BCUT2D eigenvalue weighted by Crippen LogP contribution is 2.15. The predicted octanol–water partition coefficient (Wildman–Crippen LogP) is 2.85. The second-order valence-corrected chi connectivity index (χ2v) is 7.68. The fraction of sp³-hybridized carbons (Fsp3) is 0.778. The first-order valence-electron chi connectivity index (χ1n) is 9.15. The molecule has 0 fully saturated rings. The molecule has 1 rings (SSSR count). The Morgan fingerprint density at radius 2 is 2.12 bits per heavy atom. The van der Waals surface area contributed by atoms with Crippen molar-refractivity contribution < 1.29 is 5.11 Å². The molecule has 0 bridgehead atoms. The van der Waals surface area contributed by atoms with Crippen LogP contribution >= 0.6 is 11.3 Å². The van der Waals surface area contributed by atoms with Gasteiger partial charge in [0, 0.05) is 43.7 Å². The summed E-state index contributed by atoms with van der Waals surface area (Å²) in [7, 11) is 0. The van der Waals surface area contributed by atoms with Gasteiger partial charge in [-0.05, 0) is 38.0 Å². The maximum Gasteiger partial charge on any atom is 0.191 e. The Bertz CT molecular complexity index is 473. The summed E-state index contributed by atoms with van der Waals surface area (Å²) in [4.78, 5) is 10.5. The third kappa shape index (κ3) is 8.64. The van der Waals surface area contributed by atoms with Crippen LogP contribution in [0.2, 0.25) is 0 Å². The molecule has 0 saturated heterocycles. The minimum atomic E-state index is 0.237. The lowest BCUT2D eigenvalue weighted by Gasteiger charge is -2.17. The van der Waals surface area contributed by atoms with Crippen molar-refractivity contribution >= 4 is 17.3 Å². The third-order valence-electron chi connectivity index (χ3n) is 3.78. The monoisotopic (exact) mass is 354 g/mol. The van der Waals surface area contributed by atoms with Crippen LogP contribution in [0.15, 0.2) is 11.2 Å². The molecule has 138 valence electrons. The molecule has 3 N–H and O–H groups in total. The average Bonchev–Trinajstić information content (AvgIpc) is 3.00. The van der Waals surface area contributed by atoms with Crippen LogP contribution < -0.4 is 10.6 Å². The number of rotatable bonds is 11. The van der Waals surface area contributed by atoms with Gasteiger partial charge in [-0.1, -0.05) is 20.8 Å². The SMILES string of the molecule is CCNC(=NCC(CCO)CC(C)C)NCCc1ncc(CC)s1. The largest absolute Gasteiger partial charge is 0.396 e. The molecule has 0 aliphatic rings. The molecule has 0 aromatic carbocycles. The summed E-state index contributed by atoms with van der Waals surface area (Å²) in [5.74, 6) is 1.93. The zero-order chi connectivity index (χ0) is 17.8. The highest BCUT2D eigenvalue weighted by Gasteiger charge is 2.10. The normalized spacial score (nSPS) is 13.3. The number of aliphatic hydroxyl groups is 1. The molecule has 6 heteroatoms. The molecule has 0 radical (unpaired) electrons. The van der Waals surface area contributed by atoms with E-state index >= 15 is 0 Å². The molecule has 0 saturated carbocycles. The molecule has 1 aromatic rings. The van der Waals surface area contributed by atoms with E-state index in [1.54, 1.807) is 11.3 Å². The average molecular weight is 355 g/mol. The van der Waals surface area contributed by atoms with E-state index in [9.17, 15) is 5.11 Å². The maximum atomic E-state index is 9.22. The summed E-state index contributed by atoms with van der Waals surface area (Å²) in [6.07, 6.45) is 5.87. The maximum absolute atomic E-state index is 9.22. The Balaban J connectivity index is 2.48. The molecule has 1 atom stereocenters. The van der Waals surface area contributed by atoms with Crippen LogP contribution in [-0.2, 0) is 12.8 Å². The third-order valence-corrected chi connectivity index (χ3v) is 4.98. The summed E-state index contributed by atoms with van der Waals surface area (Å²) in [5.41, 5.74) is 0. The van der Waals surface area contributed by atoms with Crippen LogP contribution in [0.3, 0.4) is 0 Å². The molecule has 0 aliphatic carbocycles. The van der Waals surface area contributed by atoms with E-state index in [0.29, 0.717) is 11.8 Å². The number of guanidine groups is 1. The summed E-state index contributed by atoms with van der Waals surface area (Å²) >= 11 is 1.79. The highest BCUT2D eigenvalue weighted by molar-refractivity contribution is 7.11. The van der Waals surface area contributed by atoms with Gasteiger partial charge in [-0.2, -0.15) is 0 Å². The molecule has 1 unspecified atom stereocenters. The van der Waals surface area contributed by atoms with Crippen molar-refractivity contribution in [3.63, 3.8) is 0 Å². The summed E-state index contributed by atoms with van der Waals surface area (Å²) in [5, 5.41) is 17.1. The van der Waals surface area contributed by atoms with Crippen molar-refractivity contribution in [3.8, 4) is 0 Å². The number of aliphatic imine (C=N–C) groups is 1. The van der Waals surface area contributed by atoms with Crippen molar-refractivity contribution in [1.82, 2.24) is 15.6 Å². The smallest absolute Gasteiger partial charge is 0.191 e. The van der Waals surface area contributed by atoms with Crippen LogP contribution in [0.25, 0.3) is 0 Å². The van der Waals surface area contributed by atoms with Gasteiger partial charge in [0.15, 0.2) is 5.96 Å². The number of hydrogen-bond acceptors (Lipinski definition) is 4. The van der Waals surface area contributed by atoms with Gasteiger partial charge in [0.05, 0.1) is 5.01 Å². The number of aromatic nitrogens is 1. The zero-order valence-electron chi connectivity index (χ0n) is 15.6. The minimum absolute atomic E-state index is 0.237. The number of nitrogens with one attached hydrogen (secondary N) is 2. The Kier molecular flexibility index (Phi) is 10.7. The van der Waals surface area contributed by atoms with E-state index in [0.717, 1.165) is 51.3 Å². The fourth-order valence-electron chi connectivity index (χ4n) is 2.61. The first kappa shape index (κ1) is 20.9. The first-order valence-corrected chi connectivity index (χ1v) is 9.97. The van der Waals surface area contributed by atoms with E-state index < -0.39 is 0 Å². The van der Waals surface area contributed by atoms with Crippen molar-refractivity contribution in [3.05, 3.63) is 16.1 Å². The van der Waals surface area contributed by atoms with Gasteiger partial charge in [0.1, 0.15) is 0 Å². The second kappa shape index (κ2) is 12.3. The van der Waals surface area contributed by atoms with Gasteiger partial charge >= 0.3 is 0 Å². The molecule has 0 spiro atoms. The minimum Gasteiger partial charge on any atom is -0.396 e. The highest BCUT2D eigenvalue weighted by atomic mass is 32.1. The lowest BCUT2D eigenvalue weighted by atomic mass is 9.94. The van der Waals surface area contributed by atoms with E-state index in [1.165, 1.54) is 9.88 Å². The van der Waals surface area contributed by atoms with Crippen LogP contribution in [-0.4, -0.2) is 42.3 Å². The number of aryl methyl sites for hydroxylation is 1. The molecule has 1 heterocycles.